The molecule has 0 amide bonds. The lowest BCUT2D eigenvalue weighted by Gasteiger charge is -2.59. The highest BCUT2D eigenvalue weighted by Crippen LogP contribution is 2.77. The number of furan rings is 1. The summed E-state index contributed by atoms with van der Waals surface area (Å²) in [6.45, 7) is 17.1. The first-order chi connectivity index (χ1) is 41.5. The lowest BCUT2D eigenvalue weighted by atomic mass is 9.48. The molecular weight excluding hydrogens is 1030 g/mol. The summed E-state index contributed by atoms with van der Waals surface area (Å²) in [6, 6.07) is 66.3. The maximum Gasteiger partial charge on any atom is 0.154 e. The highest BCUT2D eigenvalue weighted by Gasteiger charge is 2.73. The zero-order chi connectivity index (χ0) is 57.5. The first kappa shape index (κ1) is 52.4. The molecule has 7 aromatic carbocycles. The number of benzene rings is 7. The highest BCUT2D eigenvalue weighted by atomic mass is 16.3. The molecule has 0 N–H and O–H groups in total. The minimum Gasteiger partial charge on any atom is -0.459 e. The van der Waals surface area contributed by atoms with Crippen LogP contribution in [0.25, 0.3) is 22.9 Å². The molecule has 3 nitrogen and oxygen atoms in total. The highest BCUT2D eigenvalue weighted by molar-refractivity contribution is 5.89. The summed E-state index contributed by atoms with van der Waals surface area (Å²) in [5.41, 5.74) is 26.3. The van der Waals surface area contributed by atoms with Gasteiger partial charge in [-0.05, 0) is 204 Å². The monoisotopic (exact) mass is 1110 g/mol. The molecule has 0 aliphatic heterocycles. The molecule has 8 aromatic rings. The molecule has 1 spiro atoms. The molecular formula is C82H78N2O. The van der Waals surface area contributed by atoms with Crippen LogP contribution < -0.4 is 9.80 Å². The van der Waals surface area contributed by atoms with Crippen molar-refractivity contribution in [2.45, 2.75) is 122 Å². The fourth-order valence-corrected chi connectivity index (χ4v) is 18.9. The van der Waals surface area contributed by atoms with Crippen LogP contribution in [0.3, 0.4) is 0 Å². The van der Waals surface area contributed by atoms with E-state index in [2.05, 4.69) is 277 Å². The van der Waals surface area contributed by atoms with E-state index in [1.807, 2.05) is 0 Å². The normalized spacial score (nSPS) is 25.8. The number of aryl methyl sites for hydroxylation is 4. The van der Waals surface area contributed by atoms with Crippen LogP contribution in [0, 0.1) is 50.4 Å². The predicted molar refractivity (Wildman–Crippen MR) is 352 cm³/mol. The van der Waals surface area contributed by atoms with E-state index >= 15 is 0 Å². The Hall–Kier alpha value is -8.14. The molecule has 8 atom stereocenters. The molecule has 2 saturated carbocycles. The van der Waals surface area contributed by atoms with Crippen LogP contribution in [0.4, 0.5) is 17.1 Å². The van der Waals surface area contributed by atoms with Gasteiger partial charge in [0.05, 0.1) is 5.70 Å². The van der Waals surface area contributed by atoms with Crippen molar-refractivity contribution in [1.82, 2.24) is 0 Å². The minimum atomic E-state index is -0.458. The van der Waals surface area contributed by atoms with Crippen LogP contribution in [0.1, 0.15) is 144 Å². The Morgan fingerprint density at radius 3 is 2.02 bits per heavy atom. The van der Waals surface area contributed by atoms with Gasteiger partial charge in [-0.3, -0.25) is 0 Å². The summed E-state index contributed by atoms with van der Waals surface area (Å²) in [7, 11) is 0. The first-order valence-electron chi connectivity index (χ1n) is 31.9. The van der Waals surface area contributed by atoms with Crippen LogP contribution in [0.15, 0.2) is 234 Å². The molecule has 422 valence electrons. The van der Waals surface area contributed by atoms with E-state index in [0.717, 1.165) is 56.5 Å². The third-order valence-corrected chi connectivity index (χ3v) is 22.6. The summed E-state index contributed by atoms with van der Waals surface area (Å²) in [6.07, 6.45) is 26.9. The lowest BCUT2D eigenvalue weighted by molar-refractivity contribution is 0.0674. The summed E-state index contributed by atoms with van der Waals surface area (Å²) in [4.78, 5) is 5.56. The molecule has 0 bridgehead atoms. The maximum atomic E-state index is 7.78. The molecule has 85 heavy (non-hydrogen) atoms. The Kier molecular flexibility index (Phi) is 12.2. The maximum absolute atomic E-state index is 7.78. The van der Waals surface area contributed by atoms with Gasteiger partial charge in [0.1, 0.15) is 5.76 Å². The second-order valence-corrected chi connectivity index (χ2v) is 27.2. The summed E-state index contributed by atoms with van der Waals surface area (Å²) in [5, 5.41) is 0. The van der Waals surface area contributed by atoms with Crippen molar-refractivity contribution >= 4 is 28.8 Å². The van der Waals surface area contributed by atoms with Crippen molar-refractivity contribution in [3.05, 3.63) is 302 Å². The summed E-state index contributed by atoms with van der Waals surface area (Å²) >= 11 is 0. The van der Waals surface area contributed by atoms with E-state index in [1.165, 1.54) is 106 Å². The number of fused-ring (bicyclic) bond motifs is 17. The van der Waals surface area contributed by atoms with Crippen molar-refractivity contribution in [1.29, 1.82) is 0 Å². The number of nitrogens with zero attached hydrogens (tertiary/aromatic N) is 2. The van der Waals surface area contributed by atoms with E-state index in [4.69, 9.17) is 4.42 Å². The quantitative estimate of drug-likeness (QED) is 0.151. The van der Waals surface area contributed by atoms with Crippen LogP contribution >= 0.6 is 0 Å². The van der Waals surface area contributed by atoms with Gasteiger partial charge in [0.2, 0.25) is 0 Å². The number of para-hydroxylation sites is 2. The van der Waals surface area contributed by atoms with E-state index < -0.39 is 5.41 Å². The zero-order valence-corrected chi connectivity index (χ0v) is 50.6. The Morgan fingerprint density at radius 1 is 0.624 bits per heavy atom. The van der Waals surface area contributed by atoms with Gasteiger partial charge in [-0.1, -0.05) is 209 Å². The summed E-state index contributed by atoms with van der Waals surface area (Å²) < 4.78 is 7.78. The van der Waals surface area contributed by atoms with Crippen molar-refractivity contribution in [3.63, 3.8) is 0 Å². The fraction of sp³-hybridized carbons (Fsp3) is 0.293. The second kappa shape index (κ2) is 19.7. The molecule has 16 rings (SSSR count). The van der Waals surface area contributed by atoms with Crippen molar-refractivity contribution < 1.29 is 4.42 Å². The van der Waals surface area contributed by atoms with Gasteiger partial charge in [-0.25, -0.2) is 0 Å². The van der Waals surface area contributed by atoms with E-state index in [1.54, 1.807) is 5.56 Å². The van der Waals surface area contributed by atoms with Gasteiger partial charge in [0.15, 0.2) is 5.76 Å². The molecule has 3 heteroatoms. The largest absolute Gasteiger partial charge is 0.459 e. The van der Waals surface area contributed by atoms with E-state index in [9.17, 15) is 0 Å². The van der Waals surface area contributed by atoms with Crippen LogP contribution in [0.5, 0.6) is 0 Å². The van der Waals surface area contributed by atoms with Gasteiger partial charge >= 0.3 is 0 Å². The van der Waals surface area contributed by atoms with Gasteiger partial charge in [0, 0.05) is 62.6 Å². The van der Waals surface area contributed by atoms with Gasteiger partial charge < -0.3 is 14.2 Å². The average Bonchev–Trinajstić information content (AvgIpc) is 1.56. The van der Waals surface area contributed by atoms with Gasteiger partial charge in [-0.2, -0.15) is 0 Å². The van der Waals surface area contributed by atoms with E-state index in [0.29, 0.717) is 5.92 Å². The zero-order valence-electron chi connectivity index (χ0n) is 50.6. The standard InChI is InChI=1S/C82H78N2O/c1-51-42-44-58(47-62(51)55-28-10-8-11-29-55)83(71-39-23-14-26-53(71)3)73-49-69-77(76-61-34-18-25-41-74(61)85-79(73)76)78-70(82(69)66-37-21-19-35-64(66)80(5,6)65-36-20-22-38-67(65)82)50-81(7,68-46-57-32-16-17-33-60(57)75(68)78)84(72-40-24-15-27-54(72)4)59-45-43-52(2)63(48-59)56-30-12-9-13-31-56/h8-10,12-24,26-28,30-40,43-45,47-49,51,68-70,75,77-78H,11,25,29,41-42,46,50H2,1-7H3. The topological polar surface area (TPSA) is 19.6 Å². The third-order valence-electron chi connectivity index (χ3n) is 22.6. The third kappa shape index (κ3) is 7.63. The number of anilines is 3. The van der Waals surface area contributed by atoms with E-state index in [-0.39, 0.29) is 46.5 Å². The Labute approximate surface area is 504 Å². The Balaban J connectivity index is 1.02. The molecule has 2 fully saturated rings. The Bertz CT molecular complexity index is 4180. The van der Waals surface area contributed by atoms with Crippen LogP contribution in [-0.2, 0) is 23.7 Å². The summed E-state index contributed by atoms with van der Waals surface area (Å²) in [5.74, 6) is 3.82. The molecule has 8 unspecified atom stereocenters. The molecule has 1 heterocycles. The number of hydrogen-bond donors (Lipinski definition) is 0. The lowest BCUT2D eigenvalue weighted by Crippen LogP contribution is -2.60. The minimum absolute atomic E-state index is 0.0523. The predicted octanol–water partition coefficient (Wildman–Crippen LogP) is 20.3. The smallest absolute Gasteiger partial charge is 0.154 e. The first-order valence-corrected chi connectivity index (χ1v) is 31.9. The van der Waals surface area contributed by atoms with Gasteiger partial charge in [0.25, 0.3) is 0 Å². The molecule has 8 aliphatic rings. The average molecular weight is 1110 g/mol. The molecule has 8 aliphatic carbocycles. The van der Waals surface area contributed by atoms with Gasteiger partial charge in [-0.15, -0.1) is 0 Å². The van der Waals surface area contributed by atoms with Crippen molar-refractivity contribution in [2.24, 2.45) is 29.6 Å². The molecule has 0 radical (unpaired) electrons. The molecule has 0 saturated heterocycles. The van der Waals surface area contributed by atoms with Crippen LogP contribution in [0.2, 0.25) is 0 Å². The number of rotatable bonds is 8. The number of allylic oxidation sites excluding steroid dienone is 9. The van der Waals surface area contributed by atoms with Crippen molar-refractivity contribution in [2.75, 3.05) is 9.80 Å². The number of hydrogen-bond acceptors (Lipinski definition) is 3. The second-order valence-electron chi connectivity index (χ2n) is 27.2. The SMILES string of the molecule is Cc1ccc(N(c2ccccc2C)C2(C)CC3C(C4c5c(oc6c5C=CCC6)C(N(C5=CCC(C)C(C6=CC=CCC6)=C5)c5ccccc5C)=CC4C34c3ccccc3C(C)(C)c3ccccc34)C3c4ccccc4CC32)cc1-c1ccccc1. The Morgan fingerprint density at radius 2 is 1.29 bits per heavy atom. The van der Waals surface area contributed by atoms with Crippen molar-refractivity contribution in [3.8, 4) is 11.1 Å². The van der Waals surface area contributed by atoms with Crippen LogP contribution in [-0.4, -0.2) is 5.54 Å². The molecule has 1 aromatic heterocycles. The fourth-order valence-electron chi connectivity index (χ4n) is 18.9.